The number of ketones is 1. The monoisotopic (exact) mass is 290 g/mol. The number of Topliss-reactive ketones (excluding diaryl/α,β-unsaturated/α-hetero) is 1. The van der Waals surface area contributed by atoms with Crippen molar-refractivity contribution in [1.82, 2.24) is 10.2 Å². The van der Waals surface area contributed by atoms with Crippen molar-refractivity contribution in [3.05, 3.63) is 25.3 Å². The van der Waals surface area contributed by atoms with Crippen LogP contribution in [0.2, 0.25) is 0 Å². The Morgan fingerprint density at radius 1 is 1.33 bits per heavy atom. The van der Waals surface area contributed by atoms with Crippen molar-refractivity contribution in [2.75, 3.05) is 13.1 Å². The van der Waals surface area contributed by atoms with Crippen LogP contribution in [0.5, 0.6) is 0 Å². The molecule has 0 aliphatic heterocycles. The Bertz CT molecular complexity index is 473. The highest BCUT2D eigenvalue weighted by Gasteiger charge is 2.66. The van der Waals surface area contributed by atoms with E-state index in [2.05, 4.69) is 32.3 Å². The molecule has 0 aromatic heterocycles. The lowest BCUT2D eigenvalue weighted by Gasteiger charge is -2.32. The summed E-state index contributed by atoms with van der Waals surface area (Å²) in [5, 5.41) is 2.95. The van der Waals surface area contributed by atoms with Gasteiger partial charge in [0.15, 0.2) is 5.78 Å². The van der Waals surface area contributed by atoms with Crippen molar-refractivity contribution >= 4 is 11.8 Å². The van der Waals surface area contributed by atoms with Crippen LogP contribution in [0.4, 0.5) is 4.79 Å². The highest BCUT2D eigenvalue weighted by atomic mass is 16.2. The molecule has 0 radical (unpaired) electrons. The van der Waals surface area contributed by atoms with Crippen LogP contribution in [0, 0.1) is 16.7 Å². The van der Waals surface area contributed by atoms with Crippen LogP contribution in [-0.2, 0) is 4.79 Å². The van der Waals surface area contributed by atoms with Crippen molar-refractivity contribution in [3.8, 4) is 0 Å². The smallest absolute Gasteiger partial charge is 0.318 e. The van der Waals surface area contributed by atoms with Gasteiger partial charge >= 0.3 is 6.03 Å². The first-order valence-corrected chi connectivity index (χ1v) is 7.61. The summed E-state index contributed by atoms with van der Waals surface area (Å²) in [5.74, 6) is 0.419. The number of rotatable bonds is 5. The average Bonchev–Trinajstić information content (AvgIpc) is 2.73. The molecule has 2 fully saturated rings. The number of hydrogen-bond donors (Lipinski definition) is 1. The molecule has 2 rings (SSSR count). The average molecular weight is 290 g/mol. The fraction of sp³-hybridized carbons (Fsp3) is 0.647. The Kier molecular flexibility index (Phi) is 4.00. The van der Waals surface area contributed by atoms with Gasteiger partial charge < -0.3 is 10.2 Å². The molecule has 2 bridgehead atoms. The molecule has 2 aliphatic carbocycles. The van der Waals surface area contributed by atoms with Gasteiger partial charge in [0.25, 0.3) is 0 Å². The molecular weight excluding hydrogens is 264 g/mol. The standard InChI is InChI=1S/C17H26N2O2/c1-6-10-19(11-7-2)15(21)18-13-12-8-9-17(5,14(13)20)16(12,3)4/h6-7,12-13H,1-2,8-11H2,3-5H3,(H,18,21). The van der Waals surface area contributed by atoms with E-state index in [1.807, 2.05) is 6.92 Å². The van der Waals surface area contributed by atoms with Crippen molar-refractivity contribution in [2.24, 2.45) is 16.7 Å². The molecule has 0 spiro atoms. The van der Waals surface area contributed by atoms with E-state index in [1.165, 1.54) is 0 Å². The number of nitrogens with zero attached hydrogens (tertiary/aromatic N) is 1. The van der Waals surface area contributed by atoms with Crippen molar-refractivity contribution in [1.29, 1.82) is 0 Å². The van der Waals surface area contributed by atoms with Gasteiger partial charge in [-0.05, 0) is 24.2 Å². The van der Waals surface area contributed by atoms with E-state index in [-0.39, 0.29) is 34.6 Å². The molecule has 0 heterocycles. The molecule has 21 heavy (non-hydrogen) atoms. The maximum Gasteiger partial charge on any atom is 0.318 e. The number of urea groups is 1. The minimum absolute atomic E-state index is 0.0519. The number of fused-ring (bicyclic) bond motifs is 2. The Morgan fingerprint density at radius 3 is 2.33 bits per heavy atom. The highest BCUT2D eigenvalue weighted by molar-refractivity contribution is 5.97. The molecule has 116 valence electrons. The van der Waals surface area contributed by atoms with Crippen LogP contribution in [-0.4, -0.2) is 35.8 Å². The van der Waals surface area contributed by atoms with Crippen molar-refractivity contribution in [2.45, 2.75) is 39.7 Å². The van der Waals surface area contributed by atoms with E-state index in [1.54, 1.807) is 17.1 Å². The van der Waals surface area contributed by atoms with Crippen LogP contribution >= 0.6 is 0 Å². The topological polar surface area (TPSA) is 49.4 Å². The van der Waals surface area contributed by atoms with Crippen molar-refractivity contribution < 1.29 is 9.59 Å². The predicted octanol–water partition coefficient (Wildman–Crippen LogP) is 2.76. The number of carbonyl (C=O) groups excluding carboxylic acids is 2. The van der Waals surface area contributed by atoms with Gasteiger partial charge in [0.2, 0.25) is 0 Å². The van der Waals surface area contributed by atoms with Gasteiger partial charge in [0.1, 0.15) is 0 Å². The molecule has 2 saturated carbocycles. The third-order valence-electron chi connectivity index (χ3n) is 5.80. The van der Waals surface area contributed by atoms with Gasteiger partial charge in [-0.1, -0.05) is 32.9 Å². The molecule has 3 unspecified atom stereocenters. The quantitative estimate of drug-likeness (QED) is 0.792. The van der Waals surface area contributed by atoms with Crippen LogP contribution in [0.3, 0.4) is 0 Å². The maximum absolute atomic E-state index is 12.7. The summed E-state index contributed by atoms with van der Waals surface area (Å²) in [6, 6.07) is -0.566. The Hall–Kier alpha value is -1.58. The lowest BCUT2D eigenvalue weighted by molar-refractivity contribution is -0.129. The second-order valence-corrected chi connectivity index (χ2v) is 6.97. The zero-order valence-electron chi connectivity index (χ0n) is 13.3. The van der Waals surface area contributed by atoms with E-state index in [0.717, 1.165) is 12.8 Å². The first kappa shape index (κ1) is 15.8. The van der Waals surface area contributed by atoms with E-state index in [0.29, 0.717) is 13.1 Å². The number of carbonyl (C=O) groups is 2. The molecule has 3 atom stereocenters. The fourth-order valence-corrected chi connectivity index (χ4v) is 4.03. The van der Waals surface area contributed by atoms with E-state index < -0.39 is 0 Å². The van der Waals surface area contributed by atoms with E-state index >= 15 is 0 Å². The summed E-state index contributed by atoms with van der Waals surface area (Å²) < 4.78 is 0. The fourth-order valence-electron chi connectivity index (χ4n) is 4.03. The first-order chi connectivity index (χ1) is 9.79. The minimum atomic E-state index is -0.358. The summed E-state index contributed by atoms with van der Waals surface area (Å²) >= 11 is 0. The van der Waals surface area contributed by atoms with Gasteiger partial charge in [0.05, 0.1) is 6.04 Å². The summed E-state index contributed by atoms with van der Waals surface area (Å²) in [7, 11) is 0. The second kappa shape index (κ2) is 5.32. The van der Waals surface area contributed by atoms with E-state index in [9.17, 15) is 9.59 Å². The van der Waals surface area contributed by atoms with Gasteiger partial charge in [-0.15, -0.1) is 13.2 Å². The molecule has 4 heteroatoms. The molecule has 0 saturated heterocycles. The lowest BCUT2D eigenvalue weighted by atomic mass is 9.70. The number of nitrogens with one attached hydrogen (secondary N) is 1. The van der Waals surface area contributed by atoms with Crippen molar-refractivity contribution in [3.63, 3.8) is 0 Å². The Balaban J connectivity index is 2.14. The Morgan fingerprint density at radius 2 is 1.90 bits per heavy atom. The molecule has 0 aromatic rings. The third-order valence-corrected chi connectivity index (χ3v) is 5.80. The molecule has 1 N–H and O–H groups in total. The molecule has 4 nitrogen and oxygen atoms in total. The van der Waals surface area contributed by atoms with Crippen LogP contribution in [0.25, 0.3) is 0 Å². The molecule has 2 aliphatic rings. The number of hydrogen-bond acceptors (Lipinski definition) is 2. The Labute approximate surface area is 127 Å². The zero-order chi connectivity index (χ0) is 15.8. The van der Waals surface area contributed by atoms with Gasteiger partial charge in [0, 0.05) is 18.5 Å². The summed E-state index contributed by atoms with van der Waals surface area (Å²) in [6.07, 6.45) is 5.29. The van der Waals surface area contributed by atoms with Crippen LogP contribution in [0.1, 0.15) is 33.6 Å². The largest absolute Gasteiger partial charge is 0.328 e. The summed E-state index contributed by atoms with van der Waals surface area (Å²) in [6.45, 7) is 14.6. The highest BCUT2D eigenvalue weighted by Crippen LogP contribution is 2.63. The molecule has 2 amide bonds. The van der Waals surface area contributed by atoms with Gasteiger partial charge in [-0.3, -0.25) is 4.79 Å². The van der Waals surface area contributed by atoms with E-state index in [4.69, 9.17) is 0 Å². The van der Waals surface area contributed by atoms with Gasteiger partial charge in [-0.2, -0.15) is 0 Å². The second-order valence-electron chi connectivity index (χ2n) is 6.97. The SMILES string of the molecule is C=CCN(CC=C)C(=O)NC1C(=O)C2(C)CCC1C2(C)C. The normalized spacial score (nSPS) is 32.8. The first-order valence-electron chi connectivity index (χ1n) is 7.61. The number of amides is 2. The van der Waals surface area contributed by atoms with Crippen LogP contribution in [0.15, 0.2) is 25.3 Å². The van der Waals surface area contributed by atoms with Crippen LogP contribution < -0.4 is 5.32 Å². The zero-order valence-corrected chi connectivity index (χ0v) is 13.3. The van der Waals surface area contributed by atoms with Gasteiger partial charge in [-0.25, -0.2) is 4.79 Å². The predicted molar refractivity (Wildman–Crippen MR) is 83.9 cm³/mol. The third kappa shape index (κ3) is 2.21. The maximum atomic E-state index is 12.7. The summed E-state index contributed by atoms with van der Waals surface area (Å²) in [4.78, 5) is 26.7. The molecular formula is C17H26N2O2. The lowest BCUT2D eigenvalue weighted by Crippen LogP contribution is -2.51. The summed E-state index contributed by atoms with van der Waals surface area (Å²) in [5.41, 5.74) is -0.360. The molecule has 0 aromatic carbocycles. The minimum Gasteiger partial charge on any atom is -0.328 e.